The molecule has 10 heteroatoms. The summed E-state index contributed by atoms with van der Waals surface area (Å²) in [5.41, 5.74) is 3.51. The third-order valence-corrected chi connectivity index (χ3v) is 5.59. The first kappa shape index (κ1) is 25.0. The minimum absolute atomic E-state index is 0.000556. The van der Waals surface area contributed by atoms with E-state index in [4.69, 9.17) is 26.0 Å². The van der Waals surface area contributed by atoms with Crippen LogP contribution in [0.1, 0.15) is 31.4 Å². The fraction of sp³-hybridized carbons (Fsp3) is 0.192. The highest BCUT2D eigenvalue weighted by Crippen LogP contribution is 2.37. The van der Waals surface area contributed by atoms with Crippen LogP contribution < -0.4 is 15.5 Å². The molecule has 0 spiro atoms. The molecule has 0 aliphatic rings. The van der Waals surface area contributed by atoms with Gasteiger partial charge in [-0.3, -0.25) is 10.0 Å². The Morgan fingerprint density at radius 2 is 2.06 bits per heavy atom. The lowest BCUT2D eigenvalue weighted by Crippen LogP contribution is -2.17. The van der Waals surface area contributed by atoms with Gasteiger partial charge >= 0.3 is 0 Å². The Balaban J connectivity index is 1.57. The highest BCUT2D eigenvalue weighted by atomic mass is 35.5. The molecule has 0 aliphatic heterocycles. The number of rotatable bonds is 8. The number of hydrogen-bond acceptors (Lipinski definition) is 7. The van der Waals surface area contributed by atoms with Gasteiger partial charge in [0.2, 0.25) is 5.91 Å². The van der Waals surface area contributed by atoms with Crippen LogP contribution in [0, 0.1) is 17.7 Å². The Bertz CT molecular complexity index is 1460. The predicted octanol–water partition coefficient (Wildman–Crippen LogP) is 5.85. The van der Waals surface area contributed by atoms with E-state index in [1.807, 2.05) is 6.07 Å². The monoisotopic (exact) mass is 508 g/mol. The second-order valence-electron chi connectivity index (χ2n) is 7.75. The number of anilines is 2. The van der Waals surface area contributed by atoms with Crippen molar-refractivity contribution in [1.29, 1.82) is 0 Å². The number of nitrogens with zero attached hydrogens (tertiary/aromatic N) is 2. The molecule has 4 aromatic rings. The summed E-state index contributed by atoms with van der Waals surface area (Å²) in [5, 5.41) is 12.4. The number of nitrogens with one attached hydrogen (secondary N) is 2. The maximum atomic E-state index is 13.5. The van der Waals surface area contributed by atoms with Crippen LogP contribution in [0.25, 0.3) is 22.2 Å². The number of methoxy groups -OCH3 is 1. The summed E-state index contributed by atoms with van der Waals surface area (Å²) < 4.78 is 25.1. The average Bonchev–Trinajstić information content (AvgIpc) is 3.36. The van der Waals surface area contributed by atoms with Gasteiger partial charge in [0.1, 0.15) is 29.5 Å². The van der Waals surface area contributed by atoms with Crippen LogP contribution in [0.5, 0.6) is 5.75 Å². The second kappa shape index (κ2) is 11.5. The van der Waals surface area contributed by atoms with E-state index in [-0.39, 0.29) is 11.4 Å². The van der Waals surface area contributed by atoms with E-state index in [1.165, 1.54) is 18.5 Å². The third kappa shape index (κ3) is 5.92. The van der Waals surface area contributed by atoms with Gasteiger partial charge in [-0.2, -0.15) is 0 Å². The van der Waals surface area contributed by atoms with Crippen molar-refractivity contribution >= 4 is 39.9 Å². The van der Waals surface area contributed by atoms with E-state index in [0.29, 0.717) is 58.1 Å². The smallest absolute Gasteiger partial charge is 0.243 e. The summed E-state index contributed by atoms with van der Waals surface area (Å²) >= 11 is 5.91. The molecule has 0 aliphatic carbocycles. The molecule has 184 valence electrons. The standard InChI is InChI=1S/C26H22ClFN4O4/c1-35-24-14-22-18(26(30-15-29-22)31-16-8-10-21(28)20(27)12-16)13-19(24)23-11-9-17(36-23)6-4-2-3-5-7-25(33)32-34/h8-15,34H,2-3,5,7H2,1H3,(H,32,33)(H,29,30,31). The molecule has 0 unspecified atom stereocenters. The van der Waals surface area contributed by atoms with Gasteiger partial charge in [0.15, 0.2) is 5.76 Å². The Kier molecular flexibility index (Phi) is 8.00. The van der Waals surface area contributed by atoms with E-state index in [2.05, 4.69) is 27.1 Å². The summed E-state index contributed by atoms with van der Waals surface area (Å²) in [6, 6.07) is 11.5. The van der Waals surface area contributed by atoms with Crippen LogP contribution in [-0.2, 0) is 4.79 Å². The zero-order chi connectivity index (χ0) is 25.5. The van der Waals surface area contributed by atoms with Gasteiger partial charge in [-0.25, -0.2) is 19.8 Å². The maximum absolute atomic E-state index is 13.5. The second-order valence-corrected chi connectivity index (χ2v) is 8.16. The van der Waals surface area contributed by atoms with Crippen LogP contribution in [0.15, 0.2) is 53.2 Å². The average molecular weight is 509 g/mol. The van der Waals surface area contributed by atoms with Crippen molar-refractivity contribution in [3.63, 3.8) is 0 Å². The third-order valence-electron chi connectivity index (χ3n) is 5.30. The van der Waals surface area contributed by atoms with Crippen molar-refractivity contribution in [2.45, 2.75) is 25.7 Å². The van der Waals surface area contributed by atoms with Gasteiger partial charge in [0.25, 0.3) is 0 Å². The van der Waals surface area contributed by atoms with Crippen LogP contribution in [-0.4, -0.2) is 28.2 Å². The fourth-order valence-electron chi connectivity index (χ4n) is 3.51. The molecule has 3 N–H and O–H groups in total. The molecule has 0 fully saturated rings. The molecule has 4 rings (SSSR count). The molecular weight excluding hydrogens is 487 g/mol. The quantitative estimate of drug-likeness (QED) is 0.118. The van der Waals surface area contributed by atoms with E-state index >= 15 is 0 Å². The number of ether oxygens (including phenoxy) is 1. The van der Waals surface area contributed by atoms with E-state index < -0.39 is 11.7 Å². The summed E-state index contributed by atoms with van der Waals surface area (Å²) in [6.45, 7) is 0. The molecule has 0 saturated heterocycles. The summed E-state index contributed by atoms with van der Waals surface area (Å²) in [6.07, 6.45) is 3.61. The molecular formula is C26H22ClFN4O4. The number of fused-ring (bicyclic) bond motifs is 1. The number of carbonyl (C=O) groups is 1. The number of carbonyl (C=O) groups excluding carboxylic acids is 1. The molecule has 36 heavy (non-hydrogen) atoms. The lowest BCUT2D eigenvalue weighted by Gasteiger charge is -2.12. The van der Waals surface area contributed by atoms with Gasteiger partial charge in [0.05, 0.1) is 23.2 Å². The molecule has 0 radical (unpaired) electrons. The van der Waals surface area contributed by atoms with Crippen molar-refractivity contribution in [1.82, 2.24) is 15.4 Å². The number of hydrogen-bond donors (Lipinski definition) is 3. The lowest BCUT2D eigenvalue weighted by molar-refractivity contribution is -0.129. The molecule has 0 atom stereocenters. The van der Waals surface area contributed by atoms with Crippen molar-refractivity contribution in [2.75, 3.05) is 12.4 Å². The van der Waals surface area contributed by atoms with Crippen LogP contribution in [0.2, 0.25) is 5.02 Å². The number of hydroxylamine groups is 1. The van der Waals surface area contributed by atoms with Crippen molar-refractivity contribution in [3.8, 4) is 28.9 Å². The molecule has 1 amide bonds. The summed E-state index contributed by atoms with van der Waals surface area (Å²) in [4.78, 5) is 19.7. The Morgan fingerprint density at radius 1 is 1.19 bits per heavy atom. The number of amides is 1. The van der Waals surface area contributed by atoms with Crippen molar-refractivity contribution in [3.05, 3.63) is 65.4 Å². The molecule has 2 heterocycles. The minimum Gasteiger partial charge on any atom is -0.496 e. The summed E-state index contributed by atoms with van der Waals surface area (Å²) in [5.74, 6) is 7.20. The van der Waals surface area contributed by atoms with Crippen molar-refractivity contribution < 1.29 is 23.5 Å². The minimum atomic E-state index is -0.507. The van der Waals surface area contributed by atoms with E-state index in [0.717, 1.165) is 6.42 Å². The topological polar surface area (TPSA) is 110 Å². The normalized spacial score (nSPS) is 10.6. The first-order valence-corrected chi connectivity index (χ1v) is 11.4. The number of aromatic nitrogens is 2. The first-order chi connectivity index (χ1) is 17.5. The Labute approximate surface area is 211 Å². The molecule has 8 nitrogen and oxygen atoms in total. The molecule has 0 saturated carbocycles. The highest BCUT2D eigenvalue weighted by Gasteiger charge is 2.15. The highest BCUT2D eigenvalue weighted by molar-refractivity contribution is 6.31. The van der Waals surface area contributed by atoms with Gasteiger partial charge < -0.3 is 14.5 Å². The van der Waals surface area contributed by atoms with E-state index in [9.17, 15) is 9.18 Å². The van der Waals surface area contributed by atoms with E-state index in [1.54, 1.807) is 36.9 Å². The van der Waals surface area contributed by atoms with Crippen LogP contribution >= 0.6 is 11.6 Å². The zero-order valence-electron chi connectivity index (χ0n) is 19.3. The SMILES string of the molecule is COc1cc2ncnc(Nc3ccc(F)c(Cl)c3)c2cc1-c1ccc(C#CCCCCC(=O)NO)o1. The maximum Gasteiger partial charge on any atom is 0.243 e. The van der Waals surface area contributed by atoms with Gasteiger partial charge in [-0.05, 0) is 55.2 Å². The predicted molar refractivity (Wildman–Crippen MR) is 134 cm³/mol. The van der Waals surface area contributed by atoms with Crippen LogP contribution in [0.4, 0.5) is 15.9 Å². The first-order valence-electron chi connectivity index (χ1n) is 11.1. The number of furan rings is 1. The van der Waals surface area contributed by atoms with Crippen molar-refractivity contribution in [2.24, 2.45) is 0 Å². The number of benzene rings is 2. The summed E-state index contributed by atoms with van der Waals surface area (Å²) in [7, 11) is 1.56. The zero-order valence-corrected chi connectivity index (χ0v) is 20.0. The number of unbranched alkanes of at least 4 members (excludes halogenated alkanes) is 2. The van der Waals surface area contributed by atoms with Gasteiger partial charge in [-0.1, -0.05) is 17.5 Å². The van der Waals surface area contributed by atoms with Crippen LogP contribution in [0.3, 0.4) is 0 Å². The van der Waals surface area contributed by atoms with Gasteiger partial charge in [-0.15, -0.1) is 0 Å². The molecule has 0 bridgehead atoms. The Morgan fingerprint density at radius 3 is 2.83 bits per heavy atom. The largest absolute Gasteiger partial charge is 0.496 e. The Hall–Kier alpha value is -4.13. The van der Waals surface area contributed by atoms with Gasteiger partial charge in [0, 0.05) is 30.0 Å². The molecule has 2 aromatic carbocycles. The lowest BCUT2D eigenvalue weighted by atomic mass is 10.1. The fourth-order valence-corrected chi connectivity index (χ4v) is 3.69. The number of halogens is 2. The molecule has 2 aromatic heterocycles.